The molecule has 0 spiro atoms. The summed E-state index contributed by atoms with van der Waals surface area (Å²) in [4.78, 5) is 0. The van der Waals surface area contributed by atoms with Crippen LogP contribution in [0.1, 0.15) is 1.37 Å². The second-order valence-electron chi connectivity index (χ2n) is 0.600. The second kappa shape index (κ2) is 3.86. The Balaban J connectivity index is 3.89. The molecule has 0 aliphatic rings. The molecule has 0 aromatic heterocycles. The molecule has 6 heavy (non-hydrogen) atoms. The van der Waals surface area contributed by atoms with Crippen molar-refractivity contribution in [2.75, 3.05) is 0 Å². The zero-order valence-electron chi connectivity index (χ0n) is 4.23. The van der Waals surface area contributed by atoms with Gasteiger partial charge in [0.2, 0.25) is 0 Å². The van der Waals surface area contributed by atoms with Crippen LogP contribution in [0.25, 0.3) is 0 Å². The quantitative estimate of drug-likeness (QED) is 0.375. The van der Waals surface area contributed by atoms with Crippen molar-refractivity contribution >= 4 is 0 Å². The van der Waals surface area contributed by atoms with E-state index in [2.05, 4.69) is 11.8 Å². The van der Waals surface area contributed by atoms with Gasteiger partial charge in [0, 0.05) is 0 Å². The van der Waals surface area contributed by atoms with Gasteiger partial charge in [-0.25, -0.2) is 0 Å². The van der Waals surface area contributed by atoms with Crippen LogP contribution in [0.4, 0.5) is 0 Å². The monoisotopic (exact) mass is 77.0 g/mol. The lowest BCUT2D eigenvalue weighted by atomic mass is 10.5. The summed E-state index contributed by atoms with van der Waals surface area (Å²) in [6.45, 7) is 0. The summed E-state index contributed by atoms with van der Waals surface area (Å²) in [5.41, 5.74) is 0. The van der Waals surface area contributed by atoms with E-state index in [1.807, 2.05) is 0 Å². The van der Waals surface area contributed by atoms with Gasteiger partial charge in [-0.15, -0.1) is 12.8 Å². The van der Waals surface area contributed by atoms with Crippen molar-refractivity contribution in [2.45, 2.75) is 0 Å². The second-order valence-corrected chi connectivity index (χ2v) is 0.600. The summed E-state index contributed by atoms with van der Waals surface area (Å²) >= 11 is 0. The normalized spacial score (nSPS) is 11.0. The van der Waals surface area contributed by atoms with Crippen molar-refractivity contribution in [3.8, 4) is 24.7 Å². The van der Waals surface area contributed by atoms with Gasteiger partial charge in [0.15, 0.2) is 0 Å². The Hall–Kier alpha value is -1.14. The number of hydrogen-bond acceptors (Lipinski definition) is 0. The van der Waals surface area contributed by atoms with E-state index in [4.69, 9.17) is 14.2 Å². The minimum atomic E-state index is 0.0440. The first-order valence-electron chi connectivity index (χ1n) is 1.90. The minimum absolute atomic E-state index is 0.0440. The summed E-state index contributed by atoms with van der Waals surface area (Å²) < 4.78 is 6.70. The fourth-order valence-corrected chi connectivity index (χ4v) is 0.0833. The first-order valence-corrected chi connectivity index (χ1v) is 1.40. The molecule has 0 amide bonds. The maximum Gasteiger partial charge on any atom is 0.0727 e. The predicted octanol–water partition coefficient (Wildman–Crippen LogP) is 0.809. The SMILES string of the molecule is [2H]/C(C#C)=C/C#C. The maximum absolute atomic E-state index is 6.70. The van der Waals surface area contributed by atoms with Crippen LogP contribution >= 0.6 is 0 Å². The highest BCUT2D eigenvalue weighted by molar-refractivity contribution is 5.19. The van der Waals surface area contributed by atoms with E-state index in [1.54, 1.807) is 0 Å². The predicted molar refractivity (Wildman–Crippen MR) is 26.8 cm³/mol. The van der Waals surface area contributed by atoms with Gasteiger partial charge < -0.3 is 0 Å². The average molecular weight is 77.1 g/mol. The molecule has 0 aliphatic heterocycles. The molecular weight excluding hydrogens is 72.1 g/mol. The highest BCUT2D eigenvalue weighted by Gasteiger charge is 1.46. The van der Waals surface area contributed by atoms with Crippen molar-refractivity contribution < 1.29 is 1.37 Å². The van der Waals surface area contributed by atoms with Crippen molar-refractivity contribution in [3.05, 3.63) is 12.1 Å². The molecule has 0 heterocycles. The number of rotatable bonds is 0. The molecule has 28 valence electrons. The van der Waals surface area contributed by atoms with Crippen LogP contribution in [0.3, 0.4) is 0 Å². The van der Waals surface area contributed by atoms with Gasteiger partial charge in [0.1, 0.15) is 0 Å². The van der Waals surface area contributed by atoms with Crippen LogP contribution in [0, 0.1) is 24.7 Å². The molecule has 0 heteroatoms. The largest absolute Gasteiger partial charge is 0.115 e. The van der Waals surface area contributed by atoms with Gasteiger partial charge in [-0.3, -0.25) is 0 Å². The van der Waals surface area contributed by atoms with E-state index < -0.39 is 0 Å². The first kappa shape index (κ1) is 3.07. The Kier molecular flexibility index (Phi) is 1.97. The summed E-state index contributed by atoms with van der Waals surface area (Å²) in [6.07, 6.45) is 10.7. The van der Waals surface area contributed by atoms with E-state index in [0.717, 1.165) is 0 Å². The molecule has 0 radical (unpaired) electrons. The standard InChI is InChI=1S/C6H4/c1-3-5-6-4-2/h1-2,5-6H/b6-5-/i5D. The Morgan fingerprint density at radius 2 is 2.17 bits per heavy atom. The lowest BCUT2D eigenvalue weighted by Gasteiger charge is -1.53. The molecule has 0 N–H and O–H groups in total. The summed E-state index contributed by atoms with van der Waals surface area (Å²) in [7, 11) is 0. The van der Waals surface area contributed by atoms with E-state index >= 15 is 0 Å². The molecule has 0 aliphatic carbocycles. The maximum atomic E-state index is 6.70. The highest BCUT2D eigenvalue weighted by atomic mass is 13.5. The van der Waals surface area contributed by atoms with Crippen LogP contribution in [-0.2, 0) is 0 Å². The van der Waals surface area contributed by atoms with Crippen molar-refractivity contribution in [3.63, 3.8) is 0 Å². The van der Waals surface area contributed by atoms with Gasteiger partial charge in [-0.2, -0.15) is 0 Å². The topological polar surface area (TPSA) is 0 Å². The molecule has 0 aromatic rings. The number of hydrogen-bond donors (Lipinski definition) is 0. The molecule has 0 fully saturated rings. The number of allylic oxidation sites excluding steroid dienone is 2. The summed E-state index contributed by atoms with van der Waals surface area (Å²) in [5, 5.41) is 0. The van der Waals surface area contributed by atoms with Crippen LogP contribution in [-0.4, -0.2) is 0 Å². The van der Waals surface area contributed by atoms with Gasteiger partial charge in [0.05, 0.1) is 1.37 Å². The van der Waals surface area contributed by atoms with Gasteiger partial charge in [-0.1, -0.05) is 11.8 Å². The van der Waals surface area contributed by atoms with E-state index in [1.165, 1.54) is 6.08 Å². The summed E-state index contributed by atoms with van der Waals surface area (Å²) in [6, 6.07) is 0.0440. The Labute approximate surface area is 39.3 Å². The fraction of sp³-hybridized carbons (Fsp3) is 0. The molecule has 0 saturated carbocycles. The lowest BCUT2D eigenvalue weighted by Crippen LogP contribution is -1.41. The van der Waals surface area contributed by atoms with E-state index in [9.17, 15) is 0 Å². The summed E-state index contributed by atoms with van der Waals surface area (Å²) in [5.74, 6) is 4.18. The van der Waals surface area contributed by atoms with Crippen molar-refractivity contribution in [2.24, 2.45) is 0 Å². The van der Waals surface area contributed by atoms with Crippen LogP contribution < -0.4 is 0 Å². The lowest BCUT2D eigenvalue weighted by molar-refractivity contribution is 2.16. The third-order valence-electron chi connectivity index (χ3n) is 0.239. The molecule has 0 saturated heterocycles. The molecule has 0 rings (SSSR count). The Morgan fingerprint density at radius 3 is 2.33 bits per heavy atom. The van der Waals surface area contributed by atoms with Gasteiger partial charge in [-0.05, 0) is 12.1 Å². The van der Waals surface area contributed by atoms with E-state index in [-0.39, 0.29) is 6.05 Å². The zero-order chi connectivity index (χ0) is 5.70. The first-order chi connectivity index (χ1) is 3.31. The molecule has 0 atom stereocenters. The van der Waals surface area contributed by atoms with Gasteiger partial charge >= 0.3 is 0 Å². The fourth-order valence-electron chi connectivity index (χ4n) is 0.0833. The minimum Gasteiger partial charge on any atom is -0.115 e. The average Bonchev–Trinajstić information content (AvgIpc) is 1.68. The van der Waals surface area contributed by atoms with E-state index in [0.29, 0.717) is 0 Å². The highest BCUT2D eigenvalue weighted by Crippen LogP contribution is 1.59. The molecule has 0 unspecified atom stereocenters. The molecule has 0 aromatic carbocycles. The molecule has 0 bridgehead atoms. The number of terminal acetylenes is 2. The molecule has 0 nitrogen and oxygen atoms in total. The Bertz CT molecular complexity index is 152. The van der Waals surface area contributed by atoms with Crippen LogP contribution in [0.2, 0.25) is 0 Å². The Morgan fingerprint density at radius 1 is 1.50 bits per heavy atom. The van der Waals surface area contributed by atoms with Gasteiger partial charge in [0.25, 0.3) is 0 Å². The van der Waals surface area contributed by atoms with Crippen molar-refractivity contribution in [1.82, 2.24) is 0 Å². The third kappa shape index (κ3) is 2.86. The van der Waals surface area contributed by atoms with Crippen LogP contribution in [0.5, 0.6) is 0 Å². The third-order valence-corrected chi connectivity index (χ3v) is 0.239. The van der Waals surface area contributed by atoms with Crippen molar-refractivity contribution in [1.29, 1.82) is 0 Å². The van der Waals surface area contributed by atoms with Crippen LogP contribution in [0.15, 0.2) is 12.1 Å². The molecular formula is C6H4. The zero-order valence-corrected chi connectivity index (χ0v) is 3.23. The smallest absolute Gasteiger partial charge is 0.0727 e.